The van der Waals surface area contributed by atoms with Gasteiger partial charge >= 0.3 is 0 Å². The van der Waals surface area contributed by atoms with Crippen molar-refractivity contribution in [2.45, 2.75) is 6.54 Å². The number of thioether (sulfide) groups is 1. The van der Waals surface area contributed by atoms with Gasteiger partial charge in [0, 0.05) is 18.4 Å². The summed E-state index contributed by atoms with van der Waals surface area (Å²) < 4.78 is 0. The Kier molecular flexibility index (Phi) is 4.24. The molecule has 0 unspecified atom stereocenters. The van der Waals surface area contributed by atoms with E-state index >= 15 is 0 Å². The minimum atomic E-state index is -0.409. The van der Waals surface area contributed by atoms with E-state index < -0.39 is 5.91 Å². The smallest absolute Gasteiger partial charge is 0.290 e. The van der Waals surface area contributed by atoms with Crippen LogP contribution in [0.2, 0.25) is 0 Å². The molecule has 23 heavy (non-hydrogen) atoms. The largest absolute Gasteiger partial charge is 0.399 e. The van der Waals surface area contributed by atoms with E-state index in [0.29, 0.717) is 28.8 Å². The molecule has 1 fully saturated rings. The topological polar surface area (TPSA) is 110 Å². The van der Waals surface area contributed by atoms with Crippen molar-refractivity contribution in [2.75, 3.05) is 11.1 Å². The lowest BCUT2D eigenvalue weighted by atomic mass is 10.2. The van der Waals surface area contributed by atoms with Gasteiger partial charge in [0.15, 0.2) is 0 Å². The fourth-order valence-corrected chi connectivity index (χ4v) is 2.64. The molecule has 0 aliphatic carbocycles. The molecule has 0 spiro atoms. The highest BCUT2D eigenvalue weighted by atomic mass is 32.2. The Labute approximate surface area is 136 Å². The SMILES string of the molecule is Nc1cccc(CNc2nccc(/C=C3/SC(=O)NC3=O)n2)c1. The molecule has 0 saturated carbocycles. The number of nitrogens with zero attached hydrogens (tertiary/aromatic N) is 2. The summed E-state index contributed by atoms with van der Waals surface area (Å²) in [6.07, 6.45) is 3.14. The van der Waals surface area contributed by atoms with E-state index in [1.54, 1.807) is 18.3 Å². The molecule has 2 amide bonds. The maximum atomic E-state index is 11.5. The zero-order valence-electron chi connectivity index (χ0n) is 11.9. The fourth-order valence-electron chi connectivity index (χ4n) is 1.98. The summed E-state index contributed by atoms with van der Waals surface area (Å²) in [7, 11) is 0. The summed E-state index contributed by atoms with van der Waals surface area (Å²) in [4.78, 5) is 31.4. The van der Waals surface area contributed by atoms with Gasteiger partial charge in [-0.3, -0.25) is 14.9 Å². The number of nitrogen functional groups attached to an aromatic ring is 1. The van der Waals surface area contributed by atoms with E-state index in [4.69, 9.17) is 5.73 Å². The molecule has 0 bridgehead atoms. The molecule has 1 aliphatic rings. The van der Waals surface area contributed by atoms with E-state index in [9.17, 15) is 9.59 Å². The molecule has 7 nitrogen and oxygen atoms in total. The highest BCUT2D eigenvalue weighted by Gasteiger charge is 2.25. The van der Waals surface area contributed by atoms with Gasteiger partial charge in [-0.1, -0.05) is 12.1 Å². The molecule has 1 aromatic heterocycles. The number of imide groups is 1. The van der Waals surface area contributed by atoms with E-state index in [-0.39, 0.29) is 5.24 Å². The van der Waals surface area contributed by atoms with Crippen LogP contribution in [-0.4, -0.2) is 21.1 Å². The first-order valence-electron chi connectivity index (χ1n) is 6.76. The molecule has 8 heteroatoms. The third-order valence-corrected chi connectivity index (χ3v) is 3.81. The number of hydrogen-bond donors (Lipinski definition) is 3. The number of nitrogens with one attached hydrogen (secondary N) is 2. The van der Waals surface area contributed by atoms with Gasteiger partial charge < -0.3 is 11.1 Å². The maximum absolute atomic E-state index is 11.5. The van der Waals surface area contributed by atoms with E-state index in [0.717, 1.165) is 17.3 Å². The zero-order chi connectivity index (χ0) is 16.2. The number of carbonyl (C=O) groups is 2. The van der Waals surface area contributed by atoms with Crippen LogP contribution in [0.1, 0.15) is 11.3 Å². The van der Waals surface area contributed by atoms with Crippen LogP contribution in [0.4, 0.5) is 16.4 Å². The molecule has 1 aliphatic heterocycles. The number of carbonyl (C=O) groups excluding carboxylic acids is 2. The number of aromatic nitrogens is 2. The van der Waals surface area contributed by atoms with E-state index in [1.165, 1.54) is 0 Å². The fraction of sp³-hybridized carbons (Fsp3) is 0.0667. The first-order chi connectivity index (χ1) is 11.1. The number of benzene rings is 1. The first-order valence-corrected chi connectivity index (χ1v) is 7.58. The molecule has 2 heterocycles. The van der Waals surface area contributed by atoms with Crippen molar-refractivity contribution in [3.8, 4) is 0 Å². The Hall–Kier alpha value is -2.87. The van der Waals surface area contributed by atoms with Gasteiger partial charge in [0.05, 0.1) is 10.6 Å². The number of anilines is 2. The molecule has 2 aromatic rings. The van der Waals surface area contributed by atoms with Gasteiger partial charge in [0.2, 0.25) is 5.95 Å². The average molecular weight is 327 g/mol. The molecular weight excluding hydrogens is 314 g/mol. The molecule has 4 N–H and O–H groups in total. The lowest BCUT2D eigenvalue weighted by Crippen LogP contribution is -2.17. The van der Waals surface area contributed by atoms with Crippen LogP contribution >= 0.6 is 11.8 Å². The van der Waals surface area contributed by atoms with Crippen molar-refractivity contribution in [2.24, 2.45) is 0 Å². The Balaban J connectivity index is 1.71. The van der Waals surface area contributed by atoms with Crippen LogP contribution in [0.25, 0.3) is 6.08 Å². The molecular formula is C15H13N5O2S. The number of nitrogens with two attached hydrogens (primary N) is 1. The highest BCUT2D eigenvalue weighted by Crippen LogP contribution is 2.25. The van der Waals surface area contributed by atoms with Crippen LogP contribution in [0.15, 0.2) is 41.4 Å². The third-order valence-electron chi connectivity index (χ3n) is 3.00. The standard InChI is InChI=1S/C15H13N5O2S/c16-10-3-1-2-9(6-10)8-18-14-17-5-4-11(19-14)7-12-13(21)20-15(22)23-12/h1-7H,8,16H2,(H,17,18,19)(H,20,21,22)/b12-7+. The molecule has 1 aromatic carbocycles. The van der Waals surface area contributed by atoms with Crippen LogP contribution in [-0.2, 0) is 11.3 Å². The predicted octanol–water partition coefficient (Wildman–Crippen LogP) is 1.99. The second-order valence-electron chi connectivity index (χ2n) is 4.76. The lowest BCUT2D eigenvalue weighted by molar-refractivity contribution is -0.115. The Bertz CT molecular complexity index is 806. The molecule has 0 atom stereocenters. The van der Waals surface area contributed by atoms with Crippen molar-refractivity contribution in [3.63, 3.8) is 0 Å². The van der Waals surface area contributed by atoms with Crippen molar-refractivity contribution in [1.29, 1.82) is 0 Å². The van der Waals surface area contributed by atoms with E-state index in [1.807, 2.05) is 24.3 Å². The Morgan fingerprint density at radius 3 is 2.91 bits per heavy atom. The highest BCUT2D eigenvalue weighted by molar-refractivity contribution is 8.18. The second-order valence-corrected chi connectivity index (χ2v) is 5.77. The van der Waals surface area contributed by atoms with Gasteiger partial charge in [0.1, 0.15) is 0 Å². The minimum Gasteiger partial charge on any atom is -0.399 e. The second kappa shape index (κ2) is 6.49. The van der Waals surface area contributed by atoms with Crippen LogP contribution < -0.4 is 16.4 Å². The van der Waals surface area contributed by atoms with E-state index in [2.05, 4.69) is 20.6 Å². The zero-order valence-corrected chi connectivity index (χ0v) is 12.8. The number of rotatable bonds is 4. The third kappa shape index (κ3) is 3.86. The van der Waals surface area contributed by atoms with Crippen LogP contribution in [0, 0.1) is 0 Å². The Morgan fingerprint density at radius 2 is 2.17 bits per heavy atom. The monoisotopic (exact) mass is 327 g/mol. The van der Waals surface area contributed by atoms with Gasteiger partial charge in [-0.05, 0) is 41.6 Å². The van der Waals surface area contributed by atoms with Crippen molar-refractivity contribution in [1.82, 2.24) is 15.3 Å². The average Bonchev–Trinajstić information content (AvgIpc) is 2.83. The van der Waals surface area contributed by atoms with Gasteiger partial charge in [-0.2, -0.15) is 0 Å². The van der Waals surface area contributed by atoms with Crippen molar-refractivity contribution >= 4 is 40.6 Å². The van der Waals surface area contributed by atoms with Crippen LogP contribution in [0.5, 0.6) is 0 Å². The summed E-state index contributed by atoms with van der Waals surface area (Å²) in [6, 6.07) is 9.17. The Morgan fingerprint density at radius 1 is 1.30 bits per heavy atom. The molecule has 1 saturated heterocycles. The first kappa shape index (κ1) is 15.0. The van der Waals surface area contributed by atoms with Crippen molar-refractivity contribution in [3.05, 3.63) is 52.7 Å². The minimum absolute atomic E-state index is 0.315. The molecule has 116 valence electrons. The summed E-state index contributed by atoms with van der Waals surface area (Å²) in [5, 5.41) is 4.91. The van der Waals surface area contributed by atoms with Gasteiger partial charge in [-0.25, -0.2) is 9.97 Å². The van der Waals surface area contributed by atoms with Gasteiger partial charge in [-0.15, -0.1) is 0 Å². The maximum Gasteiger partial charge on any atom is 0.290 e. The summed E-state index contributed by atoms with van der Waals surface area (Å²) in [6.45, 7) is 0.527. The summed E-state index contributed by atoms with van der Waals surface area (Å²) >= 11 is 0.853. The van der Waals surface area contributed by atoms with Crippen molar-refractivity contribution < 1.29 is 9.59 Å². The normalized spacial score (nSPS) is 15.7. The quantitative estimate of drug-likeness (QED) is 0.582. The molecule has 0 radical (unpaired) electrons. The summed E-state index contributed by atoms with van der Waals surface area (Å²) in [5.74, 6) is 0.0180. The summed E-state index contributed by atoms with van der Waals surface area (Å²) in [5.41, 5.74) is 7.98. The van der Waals surface area contributed by atoms with Crippen LogP contribution in [0.3, 0.4) is 0 Å². The van der Waals surface area contributed by atoms with Gasteiger partial charge in [0.25, 0.3) is 11.1 Å². The lowest BCUT2D eigenvalue weighted by Gasteiger charge is -2.06. The molecule has 3 rings (SSSR count). The number of amides is 2. The number of hydrogen-bond acceptors (Lipinski definition) is 7. The predicted molar refractivity (Wildman–Crippen MR) is 89.3 cm³/mol.